The van der Waals surface area contributed by atoms with Gasteiger partial charge in [0.05, 0.1) is 13.2 Å². The molecule has 1 aromatic heterocycles. The molecule has 2 aromatic rings. The minimum absolute atomic E-state index is 0.0655. The number of nitrogens with two attached hydrogens (primary N) is 1. The van der Waals surface area contributed by atoms with E-state index in [1.165, 1.54) is 26.2 Å². The van der Waals surface area contributed by atoms with E-state index in [9.17, 15) is 28.0 Å². The number of para-hydroxylation sites is 1. The standard InChI is InChI=1S/C21H27F2N4O9P/c1-13(18(29)33-11-10-32-2)26-37(31,36-14-6-4-3-5-7-14)34-12-15-17(28)21(22,23)19(35-15)27-9-8-16(24)25-20(27)30/h3-9,13,15,17,19,28H,10-12H2,1-2H3,(H,26,31)(H2,24,25,30)/t13-,15+,17+,19+,37-/m0/s1. The first-order chi connectivity index (χ1) is 17.5. The Kier molecular flexibility index (Phi) is 9.34. The van der Waals surface area contributed by atoms with E-state index in [1.807, 2.05) is 0 Å². The molecule has 0 unspecified atom stereocenters. The van der Waals surface area contributed by atoms with Gasteiger partial charge in [-0.3, -0.25) is 13.9 Å². The summed E-state index contributed by atoms with van der Waals surface area (Å²) in [7, 11) is -3.02. The Morgan fingerprint density at radius 2 is 2.03 bits per heavy atom. The second kappa shape index (κ2) is 12.1. The smallest absolute Gasteiger partial charge is 0.459 e. The van der Waals surface area contributed by atoms with Crippen molar-refractivity contribution in [3.05, 3.63) is 53.1 Å². The van der Waals surface area contributed by atoms with Crippen molar-refractivity contribution < 1.29 is 46.5 Å². The quantitative estimate of drug-likeness (QED) is 0.196. The Hall–Kier alpha value is -2.94. The number of benzene rings is 1. The number of carbonyl (C=O) groups is 1. The van der Waals surface area contributed by atoms with E-state index < -0.39 is 56.4 Å². The molecule has 37 heavy (non-hydrogen) atoms. The summed E-state index contributed by atoms with van der Waals surface area (Å²) in [5.74, 6) is -4.88. The minimum atomic E-state index is -4.43. The second-order valence-corrected chi connectivity index (χ2v) is 9.59. The number of halogens is 2. The topological polar surface area (TPSA) is 173 Å². The molecule has 204 valence electrons. The highest BCUT2D eigenvalue weighted by molar-refractivity contribution is 7.52. The lowest BCUT2D eigenvalue weighted by molar-refractivity contribution is -0.146. The number of nitrogen functional groups attached to an aromatic ring is 1. The highest BCUT2D eigenvalue weighted by Crippen LogP contribution is 2.48. The zero-order chi connectivity index (χ0) is 27.2. The monoisotopic (exact) mass is 548 g/mol. The zero-order valence-electron chi connectivity index (χ0n) is 19.9. The normalized spacial score (nSPS) is 23.2. The maximum absolute atomic E-state index is 14.8. The number of ether oxygens (including phenoxy) is 3. The molecule has 0 aliphatic carbocycles. The van der Waals surface area contributed by atoms with Gasteiger partial charge in [0.25, 0.3) is 0 Å². The van der Waals surface area contributed by atoms with Crippen LogP contribution in [0.1, 0.15) is 13.2 Å². The maximum atomic E-state index is 14.8. The SMILES string of the molecule is COCCOC(=O)[C@H](C)N[P@](=O)(OC[C@H]1O[C@@H](n2ccc(N)nc2=O)C(F)(F)[C@@H]1O)Oc1ccccc1. The first-order valence-electron chi connectivity index (χ1n) is 11.0. The number of aliphatic hydroxyl groups excluding tert-OH is 1. The third-order valence-corrected chi connectivity index (χ3v) is 6.74. The van der Waals surface area contributed by atoms with E-state index >= 15 is 0 Å². The molecule has 0 saturated carbocycles. The summed E-state index contributed by atoms with van der Waals surface area (Å²) in [6.45, 7) is 0.522. The number of carbonyl (C=O) groups excluding carboxylic acids is 1. The van der Waals surface area contributed by atoms with Crippen LogP contribution in [0.4, 0.5) is 14.6 Å². The van der Waals surface area contributed by atoms with E-state index in [0.29, 0.717) is 4.57 Å². The molecule has 0 amide bonds. The molecule has 0 radical (unpaired) electrons. The third-order valence-electron chi connectivity index (χ3n) is 5.10. The van der Waals surface area contributed by atoms with Crippen molar-refractivity contribution in [3.63, 3.8) is 0 Å². The fourth-order valence-corrected chi connectivity index (χ4v) is 4.73. The Balaban J connectivity index is 1.76. The van der Waals surface area contributed by atoms with Crippen LogP contribution in [0.25, 0.3) is 0 Å². The molecule has 16 heteroatoms. The summed E-state index contributed by atoms with van der Waals surface area (Å²) in [6.07, 6.45) is -5.50. The molecular weight excluding hydrogens is 521 g/mol. The van der Waals surface area contributed by atoms with Crippen molar-refractivity contribution in [1.82, 2.24) is 14.6 Å². The lowest BCUT2D eigenvalue weighted by Gasteiger charge is -2.24. The van der Waals surface area contributed by atoms with Crippen molar-refractivity contribution in [3.8, 4) is 5.75 Å². The van der Waals surface area contributed by atoms with Crippen molar-refractivity contribution >= 4 is 19.5 Å². The lowest BCUT2D eigenvalue weighted by atomic mass is 10.1. The summed E-state index contributed by atoms with van der Waals surface area (Å²) < 4.78 is 69.3. The number of aliphatic hydroxyl groups is 1. The number of aromatic nitrogens is 2. The highest BCUT2D eigenvalue weighted by Gasteiger charge is 2.60. The van der Waals surface area contributed by atoms with Gasteiger partial charge in [-0.05, 0) is 25.1 Å². The molecule has 2 heterocycles. The minimum Gasteiger partial charge on any atom is -0.462 e. The van der Waals surface area contributed by atoms with Crippen LogP contribution in [0.5, 0.6) is 5.75 Å². The molecule has 13 nitrogen and oxygen atoms in total. The van der Waals surface area contributed by atoms with Gasteiger partial charge >= 0.3 is 25.3 Å². The van der Waals surface area contributed by atoms with Gasteiger partial charge in [-0.2, -0.15) is 18.9 Å². The summed E-state index contributed by atoms with van der Waals surface area (Å²) in [4.78, 5) is 27.6. The van der Waals surface area contributed by atoms with Crippen molar-refractivity contribution in [1.29, 1.82) is 0 Å². The molecule has 1 aliphatic rings. The van der Waals surface area contributed by atoms with Crippen LogP contribution in [-0.2, 0) is 28.1 Å². The Morgan fingerprint density at radius 3 is 2.68 bits per heavy atom. The van der Waals surface area contributed by atoms with E-state index in [4.69, 9.17) is 29.0 Å². The average Bonchev–Trinajstić information content (AvgIpc) is 3.07. The zero-order valence-corrected chi connectivity index (χ0v) is 20.8. The van der Waals surface area contributed by atoms with E-state index in [2.05, 4.69) is 10.1 Å². The Bertz CT molecular complexity index is 1170. The fraction of sp³-hybridized carbons (Fsp3) is 0.476. The number of rotatable bonds is 12. The number of alkyl halides is 2. The van der Waals surface area contributed by atoms with Gasteiger partial charge in [-0.25, -0.2) is 9.36 Å². The predicted molar refractivity (Wildman–Crippen MR) is 124 cm³/mol. The lowest BCUT2D eigenvalue weighted by Crippen LogP contribution is -2.42. The van der Waals surface area contributed by atoms with Gasteiger partial charge in [0.2, 0.25) is 6.23 Å². The Morgan fingerprint density at radius 1 is 1.32 bits per heavy atom. The summed E-state index contributed by atoms with van der Waals surface area (Å²) in [5.41, 5.74) is 4.26. The number of nitrogens with one attached hydrogen (secondary N) is 1. The van der Waals surface area contributed by atoms with Crippen LogP contribution in [-0.4, -0.2) is 71.7 Å². The largest absolute Gasteiger partial charge is 0.462 e. The number of hydrogen-bond acceptors (Lipinski definition) is 11. The molecule has 1 aliphatic heterocycles. The summed E-state index contributed by atoms with van der Waals surface area (Å²) >= 11 is 0. The fourth-order valence-electron chi connectivity index (χ4n) is 3.23. The summed E-state index contributed by atoms with van der Waals surface area (Å²) in [6, 6.07) is 7.62. The van der Waals surface area contributed by atoms with Crippen LogP contribution >= 0.6 is 7.75 Å². The molecule has 1 aromatic carbocycles. The van der Waals surface area contributed by atoms with E-state index in [-0.39, 0.29) is 24.8 Å². The first-order valence-corrected chi connectivity index (χ1v) is 12.5. The van der Waals surface area contributed by atoms with Gasteiger partial charge in [0.1, 0.15) is 30.3 Å². The molecule has 1 saturated heterocycles. The number of hydrogen-bond donors (Lipinski definition) is 3. The molecule has 3 rings (SSSR count). The highest BCUT2D eigenvalue weighted by atomic mass is 31.2. The van der Waals surface area contributed by atoms with Gasteiger partial charge in [-0.15, -0.1) is 0 Å². The van der Waals surface area contributed by atoms with Crippen molar-refractivity contribution in [2.45, 2.75) is 37.3 Å². The van der Waals surface area contributed by atoms with Gasteiger partial charge < -0.3 is 29.6 Å². The number of methoxy groups -OCH3 is 1. The number of esters is 1. The molecule has 4 N–H and O–H groups in total. The molecule has 5 atom stereocenters. The van der Waals surface area contributed by atoms with Crippen LogP contribution in [0.15, 0.2) is 47.4 Å². The van der Waals surface area contributed by atoms with Gasteiger partial charge in [0.15, 0.2) is 6.10 Å². The van der Waals surface area contributed by atoms with Gasteiger partial charge in [-0.1, -0.05) is 18.2 Å². The predicted octanol–water partition coefficient (Wildman–Crippen LogP) is 1.09. The van der Waals surface area contributed by atoms with Crippen molar-refractivity contribution in [2.75, 3.05) is 32.7 Å². The Labute approximate surface area is 210 Å². The van der Waals surface area contributed by atoms with Crippen LogP contribution in [0, 0.1) is 0 Å². The number of anilines is 1. The second-order valence-electron chi connectivity index (χ2n) is 7.90. The molecule has 0 spiro atoms. The maximum Gasteiger partial charge on any atom is 0.459 e. The van der Waals surface area contributed by atoms with E-state index in [1.54, 1.807) is 18.2 Å². The van der Waals surface area contributed by atoms with Crippen LogP contribution in [0.2, 0.25) is 0 Å². The summed E-state index contributed by atoms with van der Waals surface area (Å²) in [5, 5.41) is 12.6. The molecule has 0 bridgehead atoms. The van der Waals surface area contributed by atoms with Gasteiger partial charge in [0, 0.05) is 13.3 Å². The molecular formula is C21H27F2N4O9P. The number of nitrogens with zero attached hydrogens (tertiary/aromatic N) is 2. The van der Waals surface area contributed by atoms with Crippen LogP contribution < -0.4 is 21.0 Å². The molecule has 1 fully saturated rings. The third kappa shape index (κ3) is 7.09. The first kappa shape index (κ1) is 28.6. The van der Waals surface area contributed by atoms with E-state index in [0.717, 1.165) is 12.3 Å². The van der Waals surface area contributed by atoms with Crippen LogP contribution in [0.3, 0.4) is 0 Å². The van der Waals surface area contributed by atoms with Crippen molar-refractivity contribution in [2.24, 2.45) is 0 Å². The average molecular weight is 548 g/mol.